The van der Waals surface area contributed by atoms with Gasteiger partial charge in [0.25, 0.3) is 0 Å². The van der Waals surface area contributed by atoms with Crippen molar-refractivity contribution in [3.05, 3.63) is 23.8 Å². The molecule has 3 N–H and O–H groups in total. The Hall–Kier alpha value is -0.930. The van der Waals surface area contributed by atoms with E-state index in [0.717, 1.165) is 18.4 Å². The number of phenolic OH excluding ortho intramolecular Hbond substituents is 1. The van der Waals surface area contributed by atoms with Crippen molar-refractivity contribution >= 4 is 12.4 Å². The van der Waals surface area contributed by atoms with Crippen LogP contribution in [0.15, 0.2) is 18.2 Å². The molecule has 0 radical (unpaired) electrons. The number of ether oxygens (including phenoxy) is 1. The predicted octanol–water partition coefficient (Wildman–Crippen LogP) is 3.26. The molecule has 0 saturated carbocycles. The highest BCUT2D eigenvalue weighted by molar-refractivity contribution is 5.85. The van der Waals surface area contributed by atoms with E-state index in [0.29, 0.717) is 11.7 Å². The van der Waals surface area contributed by atoms with E-state index in [9.17, 15) is 5.11 Å². The van der Waals surface area contributed by atoms with Crippen LogP contribution in [0.2, 0.25) is 0 Å². The van der Waals surface area contributed by atoms with Gasteiger partial charge in [-0.25, -0.2) is 0 Å². The molecule has 0 aliphatic carbocycles. The second kappa shape index (κ2) is 7.41. The van der Waals surface area contributed by atoms with Gasteiger partial charge >= 0.3 is 0 Å². The van der Waals surface area contributed by atoms with Gasteiger partial charge in [-0.1, -0.05) is 26.0 Å². The van der Waals surface area contributed by atoms with Crippen LogP contribution in [0, 0.1) is 5.92 Å². The molecular formula is C13H22ClNO2. The number of para-hydroxylation sites is 1. The van der Waals surface area contributed by atoms with Crippen molar-refractivity contribution < 1.29 is 9.84 Å². The second-order valence-corrected chi connectivity index (χ2v) is 4.48. The van der Waals surface area contributed by atoms with Gasteiger partial charge in [-0.2, -0.15) is 0 Å². The number of hydrogen-bond acceptors (Lipinski definition) is 3. The lowest BCUT2D eigenvalue weighted by Crippen LogP contribution is -2.11. The minimum absolute atomic E-state index is 0. The third-order valence-corrected chi connectivity index (χ3v) is 2.70. The van der Waals surface area contributed by atoms with E-state index in [-0.39, 0.29) is 24.2 Å². The fraction of sp³-hybridized carbons (Fsp3) is 0.538. The van der Waals surface area contributed by atoms with Crippen LogP contribution in [-0.2, 0) is 0 Å². The summed E-state index contributed by atoms with van der Waals surface area (Å²) in [7, 11) is 1.54. The zero-order chi connectivity index (χ0) is 12.1. The van der Waals surface area contributed by atoms with Gasteiger partial charge in [0.1, 0.15) is 0 Å². The molecule has 0 aliphatic rings. The van der Waals surface area contributed by atoms with Crippen molar-refractivity contribution in [2.45, 2.75) is 32.7 Å². The Balaban J connectivity index is 0.00000256. The molecule has 1 aromatic carbocycles. The monoisotopic (exact) mass is 259 g/mol. The van der Waals surface area contributed by atoms with Gasteiger partial charge < -0.3 is 15.6 Å². The molecule has 0 aromatic heterocycles. The molecule has 0 spiro atoms. The van der Waals surface area contributed by atoms with E-state index in [1.807, 2.05) is 12.1 Å². The van der Waals surface area contributed by atoms with Crippen LogP contribution >= 0.6 is 12.4 Å². The van der Waals surface area contributed by atoms with Crippen molar-refractivity contribution in [1.82, 2.24) is 0 Å². The lowest BCUT2D eigenvalue weighted by molar-refractivity contribution is 0.366. The number of methoxy groups -OCH3 is 1. The summed E-state index contributed by atoms with van der Waals surface area (Å²) in [5, 5.41) is 9.92. The van der Waals surface area contributed by atoms with E-state index >= 15 is 0 Å². The Bertz CT molecular complexity index is 342. The number of halogens is 1. The maximum Gasteiger partial charge on any atom is 0.162 e. The van der Waals surface area contributed by atoms with Crippen molar-refractivity contribution in [3.8, 4) is 11.5 Å². The summed E-state index contributed by atoms with van der Waals surface area (Å²) in [6.45, 7) is 4.33. The highest BCUT2D eigenvalue weighted by Gasteiger charge is 2.14. The summed E-state index contributed by atoms with van der Waals surface area (Å²) in [5.74, 6) is 1.28. The maximum atomic E-state index is 9.92. The molecular weight excluding hydrogens is 238 g/mol. The van der Waals surface area contributed by atoms with Crippen molar-refractivity contribution in [2.24, 2.45) is 11.7 Å². The Morgan fingerprint density at radius 3 is 2.47 bits per heavy atom. The van der Waals surface area contributed by atoms with Crippen molar-refractivity contribution in [2.75, 3.05) is 7.11 Å². The summed E-state index contributed by atoms with van der Waals surface area (Å²) in [4.78, 5) is 0. The molecule has 0 unspecified atom stereocenters. The van der Waals surface area contributed by atoms with Gasteiger partial charge in [0.05, 0.1) is 7.11 Å². The van der Waals surface area contributed by atoms with E-state index in [4.69, 9.17) is 10.5 Å². The molecule has 3 nitrogen and oxygen atoms in total. The Kier molecular flexibility index (Phi) is 7.00. The predicted molar refractivity (Wildman–Crippen MR) is 72.9 cm³/mol. The quantitative estimate of drug-likeness (QED) is 0.853. The molecule has 1 rings (SSSR count). The van der Waals surface area contributed by atoms with Crippen LogP contribution in [-0.4, -0.2) is 12.2 Å². The zero-order valence-electron chi connectivity index (χ0n) is 10.6. The lowest BCUT2D eigenvalue weighted by Gasteiger charge is -2.16. The summed E-state index contributed by atoms with van der Waals surface area (Å²) >= 11 is 0. The molecule has 0 bridgehead atoms. The largest absolute Gasteiger partial charge is 0.504 e. The van der Waals surface area contributed by atoms with E-state index < -0.39 is 0 Å². The summed E-state index contributed by atoms with van der Waals surface area (Å²) in [5.41, 5.74) is 6.82. The first-order valence-corrected chi connectivity index (χ1v) is 5.67. The Morgan fingerprint density at radius 2 is 1.94 bits per heavy atom. The number of benzene rings is 1. The minimum Gasteiger partial charge on any atom is -0.504 e. The van der Waals surface area contributed by atoms with Gasteiger partial charge in [-0.15, -0.1) is 12.4 Å². The van der Waals surface area contributed by atoms with E-state index in [2.05, 4.69) is 13.8 Å². The van der Waals surface area contributed by atoms with Crippen molar-refractivity contribution in [3.63, 3.8) is 0 Å². The standard InChI is InChI=1S/C13H21NO2.ClH/c1-9(2)7-8-11(14)10-5-4-6-12(16-3)13(10)15;/h4-6,9,11,15H,7-8,14H2,1-3H3;1H/t11-;/m0./s1. The molecule has 0 saturated heterocycles. The number of nitrogens with two attached hydrogens (primary N) is 1. The molecule has 0 heterocycles. The minimum atomic E-state index is -0.127. The number of rotatable bonds is 5. The normalized spacial score (nSPS) is 12.1. The number of aromatic hydroxyl groups is 1. The van der Waals surface area contributed by atoms with Gasteiger partial charge in [-0.05, 0) is 24.8 Å². The number of phenols is 1. The van der Waals surface area contributed by atoms with Crippen LogP contribution in [0.3, 0.4) is 0 Å². The Morgan fingerprint density at radius 1 is 1.29 bits per heavy atom. The Labute approximate surface area is 109 Å². The first kappa shape index (κ1) is 16.1. The molecule has 0 fully saturated rings. The van der Waals surface area contributed by atoms with Gasteiger partial charge in [0, 0.05) is 11.6 Å². The smallest absolute Gasteiger partial charge is 0.162 e. The fourth-order valence-corrected chi connectivity index (χ4v) is 1.67. The topological polar surface area (TPSA) is 55.5 Å². The highest BCUT2D eigenvalue weighted by atomic mass is 35.5. The second-order valence-electron chi connectivity index (χ2n) is 4.48. The van der Waals surface area contributed by atoms with E-state index in [1.165, 1.54) is 0 Å². The first-order chi connectivity index (χ1) is 7.56. The maximum absolute atomic E-state index is 9.92. The third kappa shape index (κ3) is 4.44. The summed E-state index contributed by atoms with van der Waals surface area (Å²) in [6, 6.07) is 5.30. The molecule has 0 aliphatic heterocycles. The average Bonchev–Trinajstić information content (AvgIpc) is 2.26. The summed E-state index contributed by atoms with van der Waals surface area (Å²) in [6.07, 6.45) is 1.93. The van der Waals surface area contributed by atoms with Crippen LogP contribution in [0.1, 0.15) is 38.3 Å². The first-order valence-electron chi connectivity index (χ1n) is 5.67. The van der Waals surface area contributed by atoms with Crippen LogP contribution in [0.25, 0.3) is 0 Å². The van der Waals surface area contributed by atoms with Crippen LogP contribution in [0.4, 0.5) is 0 Å². The fourth-order valence-electron chi connectivity index (χ4n) is 1.67. The molecule has 4 heteroatoms. The van der Waals surface area contributed by atoms with Gasteiger partial charge in [-0.3, -0.25) is 0 Å². The third-order valence-electron chi connectivity index (χ3n) is 2.70. The van der Waals surface area contributed by atoms with E-state index in [1.54, 1.807) is 13.2 Å². The van der Waals surface area contributed by atoms with Gasteiger partial charge in [0.2, 0.25) is 0 Å². The lowest BCUT2D eigenvalue weighted by atomic mass is 9.97. The van der Waals surface area contributed by atoms with Gasteiger partial charge in [0.15, 0.2) is 11.5 Å². The molecule has 1 aromatic rings. The molecule has 1 atom stereocenters. The van der Waals surface area contributed by atoms with Crippen molar-refractivity contribution in [1.29, 1.82) is 0 Å². The molecule has 0 amide bonds. The number of hydrogen-bond donors (Lipinski definition) is 2. The SMILES string of the molecule is COc1cccc([C@@H](N)CCC(C)C)c1O.Cl. The molecule has 98 valence electrons. The molecule has 17 heavy (non-hydrogen) atoms. The summed E-state index contributed by atoms with van der Waals surface area (Å²) < 4.78 is 5.06. The van der Waals surface area contributed by atoms with Crippen LogP contribution in [0.5, 0.6) is 11.5 Å². The highest BCUT2D eigenvalue weighted by Crippen LogP contribution is 2.34. The van der Waals surface area contributed by atoms with Crippen LogP contribution < -0.4 is 10.5 Å². The average molecular weight is 260 g/mol. The zero-order valence-corrected chi connectivity index (χ0v) is 11.5.